The predicted octanol–water partition coefficient (Wildman–Crippen LogP) is 2.39. The van der Waals surface area contributed by atoms with Crippen LogP contribution in [0.2, 0.25) is 0 Å². The fourth-order valence-corrected chi connectivity index (χ4v) is 1.78. The summed E-state index contributed by atoms with van der Waals surface area (Å²) in [5.74, 6) is 0. The molecule has 1 heterocycles. The monoisotopic (exact) mass is 224 g/mol. The van der Waals surface area contributed by atoms with E-state index in [1.807, 2.05) is 12.3 Å². The Kier molecular flexibility index (Phi) is 1.90. The SMILES string of the molecule is NCc1cc2cc[nH]c2cc1Br. The first-order valence-corrected chi connectivity index (χ1v) is 4.56. The average Bonchev–Trinajstić information content (AvgIpc) is 2.49. The Morgan fingerprint density at radius 2 is 2.25 bits per heavy atom. The van der Waals surface area contributed by atoms with Crippen LogP contribution in [0.15, 0.2) is 28.9 Å². The molecule has 0 aliphatic heterocycles. The van der Waals surface area contributed by atoms with Crippen LogP contribution in [0.1, 0.15) is 5.56 Å². The fourth-order valence-electron chi connectivity index (χ4n) is 1.28. The van der Waals surface area contributed by atoms with E-state index in [1.165, 1.54) is 5.39 Å². The van der Waals surface area contributed by atoms with Gasteiger partial charge < -0.3 is 10.7 Å². The smallest absolute Gasteiger partial charge is 0.0465 e. The Balaban J connectivity index is 2.73. The first-order valence-electron chi connectivity index (χ1n) is 3.77. The van der Waals surface area contributed by atoms with Crippen LogP contribution in [0.4, 0.5) is 0 Å². The standard InChI is InChI=1S/C9H9BrN2/c10-8-4-9-6(1-2-12-9)3-7(8)5-11/h1-4,12H,5,11H2. The van der Waals surface area contributed by atoms with Gasteiger partial charge >= 0.3 is 0 Å². The number of aromatic nitrogens is 1. The number of nitrogens with one attached hydrogen (secondary N) is 1. The number of rotatable bonds is 1. The topological polar surface area (TPSA) is 41.8 Å². The molecule has 2 rings (SSSR count). The summed E-state index contributed by atoms with van der Waals surface area (Å²) in [6.07, 6.45) is 1.93. The normalized spacial score (nSPS) is 10.8. The van der Waals surface area contributed by atoms with Crippen LogP contribution in [-0.4, -0.2) is 4.98 Å². The third-order valence-corrected chi connectivity index (χ3v) is 2.68. The van der Waals surface area contributed by atoms with Gasteiger partial charge in [-0.05, 0) is 29.1 Å². The molecule has 0 fully saturated rings. The van der Waals surface area contributed by atoms with Gasteiger partial charge in [0.25, 0.3) is 0 Å². The first-order chi connectivity index (χ1) is 5.81. The maximum absolute atomic E-state index is 5.57. The summed E-state index contributed by atoms with van der Waals surface area (Å²) < 4.78 is 1.07. The summed E-state index contributed by atoms with van der Waals surface area (Å²) in [5, 5.41) is 1.21. The van der Waals surface area contributed by atoms with Gasteiger partial charge in [-0.3, -0.25) is 0 Å². The summed E-state index contributed by atoms with van der Waals surface area (Å²) in [6, 6.07) is 6.19. The van der Waals surface area contributed by atoms with Gasteiger partial charge in [0.1, 0.15) is 0 Å². The van der Waals surface area contributed by atoms with Crippen LogP contribution in [0.25, 0.3) is 10.9 Å². The summed E-state index contributed by atoms with van der Waals surface area (Å²) in [6.45, 7) is 0.571. The van der Waals surface area contributed by atoms with E-state index in [9.17, 15) is 0 Å². The molecule has 62 valence electrons. The van der Waals surface area contributed by atoms with Gasteiger partial charge in [-0.2, -0.15) is 0 Å². The molecular formula is C9H9BrN2. The number of aromatic amines is 1. The van der Waals surface area contributed by atoms with Crippen molar-refractivity contribution in [2.24, 2.45) is 5.73 Å². The third-order valence-electron chi connectivity index (χ3n) is 1.94. The van der Waals surface area contributed by atoms with Crippen molar-refractivity contribution in [2.45, 2.75) is 6.54 Å². The van der Waals surface area contributed by atoms with Crippen molar-refractivity contribution >= 4 is 26.8 Å². The molecule has 1 aromatic heterocycles. The molecule has 12 heavy (non-hydrogen) atoms. The second kappa shape index (κ2) is 2.92. The van der Waals surface area contributed by atoms with Gasteiger partial charge in [0.05, 0.1) is 0 Å². The van der Waals surface area contributed by atoms with Crippen molar-refractivity contribution in [1.29, 1.82) is 0 Å². The third kappa shape index (κ3) is 1.15. The molecule has 0 atom stereocenters. The Bertz CT molecular complexity index is 406. The van der Waals surface area contributed by atoms with Gasteiger partial charge in [-0.15, -0.1) is 0 Å². The highest BCUT2D eigenvalue weighted by molar-refractivity contribution is 9.10. The number of fused-ring (bicyclic) bond motifs is 1. The molecule has 0 bridgehead atoms. The highest BCUT2D eigenvalue weighted by atomic mass is 79.9. The van der Waals surface area contributed by atoms with E-state index in [-0.39, 0.29) is 0 Å². The lowest BCUT2D eigenvalue weighted by molar-refractivity contribution is 1.07. The molecule has 0 amide bonds. The molecule has 3 N–H and O–H groups in total. The summed E-state index contributed by atoms with van der Waals surface area (Å²) in [5.41, 5.74) is 7.85. The van der Waals surface area contributed by atoms with E-state index in [4.69, 9.17) is 5.73 Å². The van der Waals surface area contributed by atoms with Crippen molar-refractivity contribution in [3.8, 4) is 0 Å². The van der Waals surface area contributed by atoms with Crippen molar-refractivity contribution in [2.75, 3.05) is 0 Å². The second-order valence-corrected chi connectivity index (χ2v) is 3.57. The Morgan fingerprint density at radius 3 is 3.00 bits per heavy atom. The molecule has 3 heteroatoms. The van der Waals surface area contributed by atoms with Crippen LogP contribution < -0.4 is 5.73 Å². The molecule has 2 nitrogen and oxygen atoms in total. The van der Waals surface area contributed by atoms with Gasteiger partial charge in [-0.1, -0.05) is 15.9 Å². The number of benzene rings is 1. The maximum atomic E-state index is 5.57. The molecular weight excluding hydrogens is 216 g/mol. The molecule has 0 aliphatic rings. The molecule has 2 aromatic rings. The lowest BCUT2D eigenvalue weighted by atomic mass is 10.1. The van der Waals surface area contributed by atoms with Crippen LogP contribution in [0.5, 0.6) is 0 Å². The van der Waals surface area contributed by atoms with Gasteiger partial charge in [0, 0.05) is 22.7 Å². The van der Waals surface area contributed by atoms with Crippen LogP contribution in [0.3, 0.4) is 0 Å². The summed E-state index contributed by atoms with van der Waals surface area (Å²) in [4.78, 5) is 3.14. The lowest BCUT2D eigenvalue weighted by Crippen LogP contribution is -1.96. The van der Waals surface area contributed by atoms with E-state index in [1.54, 1.807) is 0 Å². The van der Waals surface area contributed by atoms with Crippen LogP contribution in [-0.2, 0) is 6.54 Å². The predicted molar refractivity (Wildman–Crippen MR) is 53.9 cm³/mol. The molecule has 0 saturated carbocycles. The van der Waals surface area contributed by atoms with Crippen molar-refractivity contribution in [3.63, 3.8) is 0 Å². The van der Waals surface area contributed by atoms with E-state index in [0.717, 1.165) is 15.6 Å². The maximum Gasteiger partial charge on any atom is 0.0465 e. The molecule has 0 aliphatic carbocycles. The van der Waals surface area contributed by atoms with Crippen LogP contribution >= 0.6 is 15.9 Å². The lowest BCUT2D eigenvalue weighted by Gasteiger charge is -2.00. The summed E-state index contributed by atoms with van der Waals surface area (Å²) in [7, 11) is 0. The highest BCUT2D eigenvalue weighted by Gasteiger charge is 2.00. The van der Waals surface area contributed by atoms with Crippen molar-refractivity contribution < 1.29 is 0 Å². The zero-order chi connectivity index (χ0) is 8.55. The minimum Gasteiger partial charge on any atom is -0.361 e. The average molecular weight is 225 g/mol. The van der Waals surface area contributed by atoms with E-state index in [2.05, 4.69) is 33.0 Å². The Labute approximate surface area is 78.9 Å². The molecule has 0 radical (unpaired) electrons. The molecule has 0 saturated heterocycles. The summed E-state index contributed by atoms with van der Waals surface area (Å²) >= 11 is 3.46. The van der Waals surface area contributed by atoms with Crippen molar-refractivity contribution in [1.82, 2.24) is 4.98 Å². The Hall–Kier alpha value is -0.800. The molecule has 1 aromatic carbocycles. The van der Waals surface area contributed by atoms with E-state index < -0.39 is 0 Å². The van der Waals surface area contributed by atoms with Gasteiger partial charge in [0.2, 0.25) is 0 Å². The van der Waals surface area contributed by atoms with Crippen LogP contribution in [0, 0.1) is 0 Å². The number of H-pyrrole nitrogens is 1. The largest absolute Gasteiger partial charge is 0.361 e. The van der Waals surface area contributed by atoms with Gasteiger partial charge in [0.15, 0.2) is 0 Å². The minimum atomic E-state index is 0.571. The molecule has 0 spiro atoms. The van der Waals surface area contributed by atoms with E-state index in [0.29, 0.717) is 6.54 Å². The number of halogens is 1. The first kappa shape index (κ1) is 7.83. The van der Waals surface area contributed by atoms with Crippen molar-refractivity contribution in [3.05, 3.63) is 34.4 Å². The number of hydrogen-bond acceptors (Lipinski definition) is 1. The zero-order valence-electron chi connectivity index (χ0n) is 6.47. The number of nitrogens with two attached hydrogens (primary N) is 1. The minimum absolute atomic E-state index is 0.571. The Morgan fingerprint density at radius 1 is 1.42 bits per heavy atom. The quantitative estimate of drug-likeness (QED) is 0.768. The van der Waals surface area contributed by atoms with Gasteiger partial charge in [-0.25, -0.2) is 0 Å². The van der Waals surface area contributed by atoms with E-state index >= 15 is 0 Å². The zero-order valence-corrected chi connectivity index (χ0v) is 8.06. The molecule has 0 unspecified atom stereocenters. The fraction of sp³-hybridized carbons (Fsp3) is 0.111. The number of hydrogen-bond donors (Lipinski definition) is 2. The highest BCUT2D eigenvalue weighted by Crippen LogP contribution is 2.22. The second-order valence-electron chi connectivity index (χ2n) is 2.71.